The van der Waals surface area contributed by atoms with Crippen molar-refractivity contribution < 1.29 is 30.9 Å². The van der Waals surface area contributed by atoms with Crippen molar-refractivity contribution in [3.63, 3.8) is 0 Å². The van der Waals surface area contributed by atoms with E-state index in [1.54, 1.807) is 0 Å². The van der Waals surface area contributed by atoms with E-state index in [-0.39, 0.29) is 0 Å². The Morgan fingerprint density at radius 2 is 1.80 bits per heavy atom. The molecule has 0 atom stereocenters. The van der Waals surface area contributed by atoms with Gasteiger partial charge in [-0.1, -0.05) is 0 Å². The van der Waals surface area contributed by atoms with Gasteiger partial charge in [0, 0.05) is 0 Å². The van der Waals surface area contributed by atoms with Gasteiger partial charge in [0.15, 0.2) is 0 Å². The van der Waals surface area contributed by atoms with Gasteiger partial charge in [0.2, 0.25) is 0 Å². The summed E-state index contributed by atoms with van der Waals surface area (Å²) in [6.45, 7) is 4.39. The molecule has 0 bridgehead atoms. The summed E-state index contributed by atoms with van der Waals surface area (Å²) in [5.41, 5.74) is 5.86. The molecular weight excluding hydrogens is 273 g/mol. The van der Waals surface area contributed by atoms with Crippen LogP contribution in [-0.4, -0.2) is 0 Å². The minimum atomic E-state index is 0.750. The van der Waals surface area contributed by atoms with Crippen LogP contribution in [0.15, 0.2) is 6.20 Å². The van der Waals surface area contributed by atoms with E-state index in [1.807, 2.05) is 0 Å². The van der Waals surface area contributed by atoms with E-state index in [0.717, 1.165) is 6.20 Å². The SMILES string of the molecule is [CH-]=C[NH-].[V]=[W]. The van der Waals surface area contributed by atoms with Crippen LogP contribution in [0.25, 0.3) is 5.73 Å². The Bertz CT molecular complexity index is 23.6. The van der Waals surface area contributed by atoms with E-state index < -0.39 is 0 Å². The maximum absolute atomic E-state index is 5.86. The molecule has 3 heteroatoms. The second-order valence-electron chi connectivity index (χ2n) is 0.167. The van der Waals surface area contributed by atoms with Crippen molar-refractivity contribution in [2.24, 2.45) is 0 Å². The quantitative estimate of drug-likeness (QED) is 0.589. The van der Waals surface area contributed by atoms with E-state index in [4.69, 9.17) is 5.73 Å². The molecule has 0 spiro atoms. The van der Waals surface area contributed by atoms with Crippen molar-refractivity contribution in [3.05, 3.63) is 18.5 Å². The van der Waals surface area contributed by atoms with Crippen LogP contribution in [0, 0.1) is 6.58 Å². The molecule has 0 aliphatic heterocycles. The summed E-state index contributed by atoms with van der Waals surface area (Å²) < 4.78 is 0. The number of nitrogens with one attached hydrogen (secondary N) is 1. The molecular formula is C2H3NVW-2. The Morgan fingerprint density at radius 3 is 1.80 bits per heavy atom. The molecule has 0 heterocycles. The first-order valence-corrected chi connectivity index (χ1v) is 6.78. The molecule has 0 saturated heterocycles. The first-order valence-electron chi connectivity index (χ1n) is 0.805. The normalized spacial score (nSPS) is 3.00. The fraction of sp³-hybridized carbons (Fsp3) is 0. The van der Waals surface area contributed by atoms with Gasteiger partial charge in [-0.05, 0) is 0 Å². The minimum absolute atomic E-state index is 0.750. The van der Waals surface area contributed by atoms with E-state index >= 15 is 0 Å². The van der Waals surface area contributed by atoms with Crippen LogP contribution in [0.3, 0.4) is 0 Å². The molecule has 0 saturated carbocycles. The Hall–Kier alpha value is 0.813. The molecule has 0 aromatic carbocycles. The molecule has 5 heavy (non-hydrogen) atoms. The zero-order valence-corrected chi connectivity index (χ0v) is 6.84. The third-order valence-electron chi connectivity index (χ3n) is 0. The third kappa shape index (κ3) is 57.6. The maximum atomic E-state index is 5.86. The Labute approximate surface area is 49.4 Å². The summed E-state index contributed by atoms with van der Waals surface area (Å²) >= 11 is 3.92. The second-order valence-corrected chi connectivity index (χ2v) is 0.167. The molecule has 0 fully saturated rings. The zero-order chi connectivity index (χ0) is 4.71. The Morgan fingerprint density at radius 1 is 1.80 bits per heavy atom. The zero-order valence-electron chi connectivity index (χ0n) is 2.51. The fourth-order valence-electron chi connectivity index (χ4n) is 0. The van der Waals surface area contributed by atoms with Crippen LogP contribution in [0.2, 0.25) is 0 Å². The van der Waals surface area contributed by atoms with Gasteiger partial charge < -0.3 is 18.5 Å². The van der Waals surface area contributed by atoms with Crippen molar-refractivity contribution in [3.8, 4) is 0 Å². The summed E-state index contributed by atoms with van der Waals surface area (Å²) in [4.78, 5) is 0. The molecule has 0 unspecified atom stereocenters. The number of hydrogen-bond donors (Lipinski definition) is 0. The van der Waals surface area contributed by atoms with Crippen LogP contribution in [0.1, 0.15) is 0 Å². The van der Waals surface area contributed by atoms with Crippen LogP contribution < -0.4 is 0 Å². The predicted octanol–water partition coefficient (Wildman–Crippen LogP) is 0.980. The Balaban J connectivity index is 0. The molecule has 0 aliphatic carbocycles. The van der Waals surface area contributed by atoms with E-state index in [2.05, 4.69) is 20.7 Å². The summed E-state index contributed by atoms with van der Waals surface area (Å²) in [6.07, 6.45) is 0.750. The average molecular weight is 276 g/mol. The molecule has 0 rings (SSSR count). The summed E-state index contributed by atoms with van der Waals surface area (Å²) in [6, 6.07) is 0. The second kappa shape index (κ2) is 21.3. The molecule has 1 N–H and O–H groups in total. The average Bonchev–Trinajstić information content (AvgIpc) is 1.46. The standard InChI is InChI=1S/C2H3N.V.W/c1-2-3;;/h1-3H;;/q-2;;. The fourth-order valence-corrected chi connectivity index (χ4v) is 0. The molecule has 0 aliphatic rings. The summed E-state index contributed by atoms with van der Waals surface area (Å²) in [5.74, 6) is 0. The van der Waals surface area contributed by atoms with Crippen LogP contribution in [0.4, 0.5) is 0 Å². The molecule has 1 nitrogen and oxygen atoms in total. The molecule has 0 amide bonds. The van der Waals surface area contributed by atoms with Crippen molar-refractivity contribution in [2.75, 3.05) is 0 Å². The topological polar surface area (TPSA) is 23.8 Å². The van der Waals surface area contributed by atoms with E-state index in [1.165, 1.54) is 16.8 Å². The summed E-state index contributed by atoms with van der Waals surface area (Å²) in [7, 11) is 0. The summed E-state index contributed by atoms with van der Waals surface area (Å²) in [5, 5.41) is 0. The van der Waals surface area contributed by atoms with Crippen molar-refractivity contribution in [1.82, 2.24) is 0 Å². The van der Waals surface area contributed by atoms with Gasteiger partial charge in [-0.2, -0.15) is 0 Å². The van der Waals surface area contributed by atoms with Gasteiger partial charge >= 0.3 is 30.9 Å². The van der Waals surface area contributed by atoms with Gasteiger partial charge in [0.1, 0.15) is 0 Å². The van der Waals surface area contributed by atoms with Gasteiger partial charge in [0.05, 0.1) is 0 Å². The molecule has 0 aromatic heterocycles. The van der Waals surface area contributed by atoms with Crippen molar-refractivity contribution >= 4 is 0 Å². The van der Waals surface area contributed by atoms with E-state index in [0.29, 0.717) is 0 Å². The van der Waals surface area contributed by atoms with Crippen molar-refractivity contribution in [1.29, 1.82) is 0 Å². The van der Waals surface area contributed by atoms with Crippen LogP contribution >= 0.6 is 0 Å². The van der Waals surface area contributed by atoms with Gasteiger partial charge in [-0.25, -0.2) is 0 Å². The molecule has 0 aromatic rings. The molecule has 29 valence electrons. The van der Waals surface area contributed by atoms with Crippen LogP contribution in [0.5, 0.6) is 0 Å². The van der Waals surface area contributed by atoms with Gasteiger partial charge in [-0.3, -0.25) is 0 Å². The molecule has 0 radical (unpaired) electrons. The number of hydrogen-bond acceptors (Lipinski definition) is 0. The van der Waals surface area contributed by atoms with Gasteiger partial charge in [-0.15, -0.1) is 0 Å². The Kier molecular flexibility index (Phi) is 39.4. The number of rotatable bonds is 0. The van der Waals surface area contributed by atoms with E-state index in [9.17, 15) is 0 Å². The first-order chi connectivity index (χ1) is 2.41. The first kappa shape index (κ1) is 9.26. The monoisotopic (exact) mass is 276 g/mol. The predicted molar refractivity (Wildman–Crippen MR) is 13.2 cm³/mol. The third-order valence-corrected chi connectivity index (χ3v) is 0. The van der Waals surface area contributed by atoms with Gasteiger partial charge in [0.25, 0.3) is 0 Å². The van der Waals surface area contributed by atoms with Crippen LogP contribution in [-0.2, 0) is 30.9 Å². The van der Waals surface area contributed by atoms with Crippen molar-refractivity contribution in [2.45, 2.75) is 0 Å².